The van der Waals surface area contributed by atoms with Gasteiger partial charge in [0.25, 0.3) is 0 Å². The van der Waals surface area contributed by atoms with E-state index in [0.29, 0.717) is 24.7 Å². The van der Waals surface area contributed by atoms with Gasteiger partial charge in [-0.05, 0) is 43.4 Å². The van der Waals surface area contributed by atoms with Crippen LogP contribution in [0.15, 0.2) is 29.3 Å². The first-order chi connectivity index (χ1) is 11.4. The number of guanidine groups is 1. The number of halogens is 3. The summed E-state index contributed by atoms with van der Waals surface area (Å²) in [7, 11) is 1.62. The van der Waals surface area contributed by atoms with Crippen LogP contribution >= 0.6 is 0 Å². The van der Waals surface area contributed by atoms with Crippen molar-refractivity contribution in [2.45, 2.75) is 32.0 Å². The Balaban J connectivity index is 1.81. The summed E-state index contributed by atoms with van der Waals surface area (Å²) in [4.78, 5) is 4.09. The molecular formula is C17H24F3N3O. The standard InChI is InChI=1S/C17H24F3N3O/c1-12(14-4-3-5-15(10-14)17(18,19)20)23-16(21-2)22-8-9-24-11-13-6-7-13/h3-5,10,12-13H,6-9,11H2,1-2H3,(H2,21,22,23). The largest absolute Gasteiger partial charge is 0.416 e. The molecular weight excluding hydrogens is 319 g/mol. The molecule has 0 heterocycles. The highest BCUT2D eigenvalue weighted by molar-refractivity contribution is 5.80. The van der Waals surface area contributed by atoms with Gasteiger partial charge in [-0.25, -0.2) is 0 Å². The number of rotatable bonds is 7. The summed E-state index contributed by atoms with van der Waals surface area (Å²) in [5, 5.41) is 6.19. The molecule has 2 rings (SSSR count). The second kappa shape index (κ2) is 8.37. The van der Waals surface area contributed by atoms with Crippen molar-refractivity contribution in [2.24, 2.45) is 10.9 Å². The van der Waals surface area contributed by atoms with Crippen LogP contribution in [0.1, 0.15) is 36.9 Å². The minimum absolute atomic E-state index is 0.300. The summed E-state index contributed by atoms with van der Waals surface area (Å²) in [6, 6.07) is 5.01. The number of ether oxygens (including phenoxy) is 1. The molecule has 1 aromatic carbocycles. The van der Waals surface area contributed by atoms with Crippen LogP contribution in [-0.4, -0.2) is 32.8 Å². The lowest BCUT2D eigenvalue weighted by molar-refractivity contribution is -0.137. The summed E-state index contributed by atoms with van der Waals surface area (Å²) < 4.78 is 43.9. The third-order valence-electron chi connectivity index (χ3n) is 3.88. The SMILES string of the molecule is CN=C(NCCOCC1CC1)NC(C)c1cccc(C(F)(F)F)c1. The summed E-state index contributed by atoms with van der Waals surface area (Å²) in [6.45, 7) is 3.77. The molecule has 1 unspecified atom stereocenters. The molecule has 0 bridgehead atoms. The van der Waals surface area contributed by atoms with Gasteiger partial charge in [0.05, 0.1) is 18.2 Å². The minimum Gasteiger partial charge on any atom is -0.379 e. The Hall–Kier alpha value is -1.76. The van der Waals surface area contributed by atoms with Crippen molar-refractivity contribution in [3.05, 3.63) is 35.4 Å². The highest BCUT2D eigenvalue weighted by atomic mass is 19.4. The number of hydrogen-bond donors (Lipinski definition) is 2. The molecule has 24 heavy (non-hydrogen) atoms. The molecule has 134 valence electrons. The molecule has 1 aromatic rings. The third kappa shape index (κ3) is 6.03. The fourth-order valence-corrected chi connectivity index (χ4v) is 2.24. The molecule has 0 aromatic heterocycles. The van der Waals surface area contributed by atoms with E-state index in [1.54, 1.807) is 20.0 Å². The highest BCUT2D eigenvalue weighted by Crippen LogP contribution is 2.30. The molecule has 1 saturated carbocycles. The predicted molar refractivity (Wildman–Crippen MR) is 87.9 cm³/mol. The van der Waals surface area contributed by atoms with Crippen molar-refractivity contribution < 1.29 is 17.9 Å². The Labute approximate surface area is 140 Å². The Morgan fingerprint density at radius 2 is 2.12 bits per heavy atom. The number of nitrogens with one attached hydrogen (secondary N) is 2. The van der Waals surface area contributed by atoms with Crippen LogP contribution in [0.3, 0.4) is 0 Å². The molecule has 0 amide bonds. The third-order valence-corrected chi connectivity index (χ3v) is 3.88. The smallest absolute Gasteiger partial charge is 0.379 e. The van der Waals surface area contributed by atoms with Crippen LogP contribution < -0.4 is 10.6 Å². The van der Waals surface area contributed by atoms with E-state index in [1.165, 1.54) is 18.9 Å². The zero-order valence-corrected chi connectivity index (χ0v) is 14.0. The first-order valence-corrected chi connectivity index (χ1v) is 8.12. The number of alkyl halides is 3. The quantitative estimate of drug-likeness (QED) is 0.453. The van der Waals surface area contributed by atoms with Gasteiger partial charge in [0.15, 0.2) is 5.96 Å². The molecule has 2 N–H and O–H groups in total. The van der Waals surface area contributed by atoms with E-state index in [9.17, 15) is 13.2 Å². The van der Waals surface area contributed by atoms with Crippen LogP contribution in [0.5, 0.6) is 0 Å². The maximum absolute atomic E-state index is 12.8. The number of hydrogen-bond acceptors (Lipinski definition) is 2. The van der Waals surface area contributed by atoms with Crippen molar-refractivity contribution in [1.29, 1.82) is 0 Å². The Morgan fingerprint density at radius 1 is 1.38 bits per heavy atom. The fourth-order valence-electron chi connectivity index (χ4n) is 2.24. The van der Waals surface area contributed by atoms with Crippen molar-refractivity contribution in [2.75, 3.05) is 26.8 Å². The lowest BCUT2D eigenvalue weighted by Crippen LogP contribution is -2.40. The minimum atomic E-state index is -4.34. The Morgan fingerprint density at radius 3 is 2.75 bits per heavy atom. The van der Waals surface area contributed by atoms with Gasteiger partial charge in [0.2, 0.25) is 0 Å². The molecule has 0 saturated heterocycles. The highest BCUT2D eigenvalue weighted by Gasteiger charge is 2.30. The number of benzene rings is 1. The van der Waals surface area contributed by atoms with E-state index in [-0.39, 0.29) is 6.04 Å². The normalized spacial score (nSPS) is 16.8. The average molecular weight is 343 g/mol. The van der Waals surface area contributed by atoms with Gasteiger partial charge in [-0.1, -0.05) is 12.1 Å². The van der Waals surface area contributed by atoms with Crippen molar-refractivity contribution in [1.82, 2.24) is 10.6 Å². The summed E-state index contributed by atoms with van der Waals surface area (Å²) >= 11 is 0. The molecule has 4 nitrogen and oxygen atoms in total. The van der Waals surface area contributed by atoms with E-state index in [2.05, 4.69) is 15.6 Å². The van der Waals surface area contributed by atoms with Crippen LogP contribution in [0.2, 0.25) is 0 Å². The van der Waals surface area contributed by atoms with E-state index in [4.69, 9.17) is 4.74 Å². The molecule has 1 fully saturated rings. The zero-order valence-electron chi connectivity index (χ0n) is 14.0. The van der Waals surface area contributed by atoms with E-state index < -0.39 is 11.7 Å². The molecule has 1 aliphatic rings. The van der Waals surface area contributed by atoms with Gasteiger partial charge in [-0.2, -0.15) is 13.2 Å². The Bertz CT molecular complexity index is 556. The number of aliphatic imine (C=N–C) groups is 1. The molecule has 1 atom stereocenters. The first kappa shape index (κ1) is 18.6. The lowest BCUT2D eigenvalue weighted by Gasteiger charge is -2.19. The van der Waals surface area contributed by atoms with Gasteiger partial charge >= 0.3 is 6.18 Å². The number of nitrogens with zero attached hydrogens (tertiary/aromatic N) is 1. The second-order valence-electron chi connectivity index (χ2n) is 6.01. The van der Waals surface area contributed by atoms with Crippen LogP contribution in [0.4, 0.5) is 13.2 Å². The monoisotopic (exact) mass is 343 g/mol. The van der Waals surface area contributed by atoms with E-state index in [1.807, 2.05) is 0 Å². The van der Waals surface area contributed by atoms with Crippen LogP contribution in [0.25, 0.3) is 0 Å². The van der Waals surface area contributed by atoms with E-state index in [0.717, 1.165) is 24.7 Å². The predicted octanol–water partition coefficient (Wildman–Crippen LogP) is 3.36. The average Bonchev–Trinajstić information content (AvgIpc) is 3.37. The van der Waals surface area contributed by atoms with Gasteiger partial charge < -0.3 is 15.4 Å². The topological polar surface area (TPSA) is 45.7 Å². The molecule has 0 spiro atoms. The van der Waals surface area contributed by atoms with Crippen molar-refractivity contribution in [3.63, 3.8) is 0 Å². The van der Waals surface area contributed by atoms with Gasteiger partial charge in [0.1, 0.15) is 0 Å². The molecule has 0 aliphatic heterocycles. The van der Waals surface area contributed by atoms with Gasteiger partial charge in [0, 0.05) is 20.2 Å². The van der Waals surface area contributed by atoms with Crippen LogP contribution in [-0.2, 0) is 10.9 Å². The first-order valence-electron chi connectivity index (χ1n) is 8.12. The summed E-state index contributed by atoms with van der Waals surface area (Å²) in [5.74, 6) is 1.26. The van der Waals surface area contributed by atoms with Crippen molar-refractivity contribution >= 4 is 5.96 Å². The molecule has 0 radical (unpaired) electrons. The van der Waals surface area contributed by atoms with Gasteiger partial charge in [-0.15, -0.1) is 0 Å². The Kier molecular flexibility index (Phi) is 6.48. The fraction of sp³-hybridized carbons (Fsp3) is 0.588. The summed E-state index contributed by atoms with van der Waals surface area (Å²) in [6.07, 6.45) is -1.83. The maximum Gasteiger partial charge on any atom is 0.416 e. The zero-order chi connectivity index (χ0) is 17.6. The lowest BCUT2D eigenvalue weighted by atomic mass is 10.1. The molecule has 1 aliphatic carbocycles. The summed E-state index contributed by atoms with van der Waals surface area (Å²) in [5.41, 5.74) is -0.0946. The second-order valence-corrected chi connectivity index (χ2v) is 6.01. The molecule has 7 heteroatoms. The van der Waals surface area contributed by atoms with Crippen molar-refractivity contribution in [3.8, 4) is 0 Å². The van der Waals surface area contributed by atoms with Gasteiger partial charge in [-0.3, -0.25) is 4.99 Å². The van der Waals surface area contributed by atoms with Crippen LogP contribution in [0, 0.1) is 5.92 Å². The maximum atomic E-state index is 12.8. The van der Waals surface area contributed by atoms with E-state index >= 15 is 0 Å².